The molecule has 18 nitrogen and oxygen atoms in total. The Hall–Kier alpha value is -4.02. The van der Waals surface area contributed by atoms with Crippen LogP contribution < -0.4 is 10.6 Å². The van der Waals surface area contributed by atoms with Crippen molar-refractivity contribution in [1.29, 1.82) is 0 Å². The number of phosphoric ester groups is 2. The first kappa shape index (κ1) is 43.4. The van der Waals surface area contributed by atoms with Crippen molar-refractivity contribution in [3.05, 3.63) is 64.6 Å². The van der Waals surface area contributed by atoms with Crippen molar-refractivity contribution in [2.75, 3.05) is 45.0 Å². The SMILES string of the molecule is CCOP(=O)(OCC)OC(=O)OC[C@@H](CC)Nc1ncc(C)c(-c2c[nH]c(C(=O)N[C@H](COC(=O)OP(=O)(OCC)OCC)c3cccc(Cl)c3)c2)n1. The molecule has 292 valence electrons. The molecule has 0 radical (unpaired) electrons. The van der Waals surface area contributed by atoms with Crippen LogP contribution in [0.15, 0.2) is 42.7 Å². The number of hydrogen-bond donors (Lipinski definition) is 3. The molecule has 1 amide bonds. The zero-order valence-corrected chi connectivity index (χ0v) is 32.7. The minimum absolute atomic E-state index is 0.00218. The maximum atomic E-state index is 13.5. The van der Waals surface area contributed by atoms with Crippen molar-refractivity contribution in [3.8, 4) is 11.3 Å². The zero-order chi connectivity index (χ0) is 39.0. The number of carbonyl (C=O) groups excluding carboxylic acids is 3. The molecule has 0 fully saturated rings. The predicted octanol–water partition coefficient (Wildman–Crippen LogP) is 7.76. The topological polar surface area (TPSA) is 225 Å². The summed E-state index contributed by atoms with van der Waals surface area (Å²) >= 11 is 6.19. The predicted molar refractivity (Wildman–Crippen MR) is 192 cm³/mol. The quantitative estimate of drug-likeness (QED) is 0.0691. The van der Waals surface area contributed by atoms with Crippen LogP contribution in [0.3, 0.4) is 0 Å². The van der Waals surface area contributed by atoms with E-state index in [0.29, 0.717) is 33.8 Å². The molecule has 3 rings (SSSR count). The van der Waals surface area contributed by atoms with Crippen molar-refractivity contribution in [3.63, 3.8) is 0 Å². The fourth-order valence-electron chi connectivity index (χ4n) is 4.46. The van der Waals surface area contributed by atoms with E-state index in [1.165, 1.54) is 0 Å². The fraction of sp³-hybridized carbons (Fsp3) is 0.469. The third-order valence-electron chi connectivity index (χ3n) is 6.85. The Kier molecular flexibility index (Phi) is 17.2. The van der Waals surface area contributed by atoms with Gasteiger partial charge in [0.2, 0.25) is 5.95 Å². The molecule has 0 saturated carbocycles. The number of anilines is 1. The van der Waals surface area contributed by atoms with E-state index in [-0.39, 0.29) is 44.7 Å². The minimum Gasteiger partial charge on any atom is -0.432 e. The van der Waals surface area contributed by atoms with Crippen molar-refractivity contribution in [2.45, 2.75) is 60.0 Å². The van der Waals surface area contributed by atoms with Crippen LogP contribution in [0.2, 0.25) is 5.02 Å². The Morgan fingerprint density at radius 2 is 1.45 bits per heavy atom. The highest BCUT2D eigenvalue weighted by atomic mass is 35.5. The second-order valence-electron chi connectivity index (χ2n) is 10.7. The number of phosphoric acid groups is 2. The number of halogens is 1. The summed E-state index contributed by atoms with van der Waals surface area (Å²) in [5.41, 5.74) is 2.39. The second-order valence-corrected chi connectivity index (χ2v) is 14.4. The number of amides is 1. The van der Waals surface area contributed by atoms with Crippen molar-refractivity contribution >= 4 is 51.4 Å². The van der Waals surface area contributed by atoms with Crippen LogP contribution in [0.1, 0.15) is 68.7 Å². The van der Waals surface area contributed by atoms with E-state index < -0.39 is 52.6 Å². The third kappa shape index (κ3) is 13.7. The Bertz CT molecular complexity index is 1760. The van der Waals surface area contributed by atoms with Gasteiger partial charge in [-0.2, -0.15) is 0 Å². The van der Waals surface area contributed by atoms with E-state index in [2.05, 4.69) is 25.6 Å². The Morgan fingerprint density at radius 3 is 2.00 bits per heavy atom. The van der Waals surface area contributed by atoms with Crippen molar-refractivity contribution in [2.24, 2.45) is 0 Å². The Morgan fingerprint density at radius 1 is 0.868 bits per heavy atom. The average Bonchev–Trinajstić information content (AvgIpc) is 3.60. The van der Waals surface area contributed by atoms with E-state index >= 15 is 0 Å². The van der Waals surface area contributed by atoms with Gasteiger partial charge in [-0.25, -0.2) is 28.7 Å². The maximum Gasteiger partial charge on any atom is 0.534 e. The molecule has 1 aromatic carbocycles. The first-order valence-electron chi connectivity index (χ1n) is 16.6. The molecule has 3 aromatic rings. The number of ether oxygens (including phenoxy) is 2. The van der Waals surface area contributed by atoms with Gasteiger partial charge in [0, 0.05) is 23.0 Å². The van der Waals surface area contributed by atoms with E-state index in [4.69, 9.17) is 48.2 Å². The molecular formula is C32H44ClN5O13P2. The number of benzene rings is 1. The molecule has 0 aliphatic heterocycles. The zero-order valence-electron chi connectivity index (χ0n) is 30.1. The summed E-state index contributed by atoms with van der Waals surface area (Å²) in [7, 11) is -8.31. The minimum atomic E-state index is -4.20. The highest BCUT2D eigenvalue weighted by Gasteiger charge is 2.33. The van der Waals surface area contributed by atoms with Gasteiger partial charge in [0.25, 0.3) is 5.91 Å². The highest BCUT2D eigenvalue weighted by molar-refractivity contribution is 7.49. The van der Waals surface area contributed by atoms with Gasteiger partial charge in [0.1, 0.15) is 18.9 Å². The lowest BCUT2D eigenvalue weighted by Gasteiger charge is -2.20. The number of aromatic nitrogens is 3. The molecule has 0 unspecified atom stereocenters. The molecule has 0 aliphatic carbocycles. The van der Waals surface area contributed by atoms with Gasteiger partial charge >= 0.3 is 28.0 Å². The molecule has 3 N–H and O–H groups in total. The smallest absolute Gasteiger partial charge is 0.432 e. The van der Waals surface area contributed by atoms with Crippen LogP contribution in [0.25, 0.3) is 11.3 Å². The molecule has 2 aromatic heterocycles. The van der Waals surface area contributed by atoms with Gasteiger partial charge < -0.3 is 34.1 Å². The molecule has 21 heteroatoms. The number of nitrogens with one attached hydrogen (secondary N) is 3. The number of nitrogens with zero attached hydrogens (tertiary/aromatic N) is 2. The number of aryl methyl sites for hydroxylation is 1. The first-order chi connectivity index (χ1) is 25.3. The normalized spacial score (nSPS) is 12.7. The lowest BCUT2D eigenvalue weighted by atomic mass is 10.1. The number of aromatic amines is 1. The molecular weight excluding hydrogens is 760 g/mol. The van der Waals surface area contributed by atoms with Gasteiger partial charge in [0.15, 0.2) is 0 Å². The summed E-state index contributed by atoms with van der Waals surface area (Å²) in [4.78, 5) is 50.0. The summed E-state index contributed by atoms with van der Waals surface area (Å²) in [6.07, 6.45) is 1.10. The van der Waals surface area contributed by atoms with Crippen LogP contribution in [0.5, 0.6) is 0 Å². The second kappa shape index (κ2) is 21.0. The monoisotopic (exact) mass is 803 g/mol. The van der Waals surface area contributed by atoms with Crippen LogP contribution >= 0.6 is 27.2 Å². The van der Waals surface area contributed by atoms with Gasteiger partial charge in [-0.1, -0.05) is 30.7 Å². The lowest BCUT2D eigenvalue weighted by Crippen LogP contribution is -2.32. The van der Waals surface area contributed by atoms with Gasteiger partial charge in [-0.05, 0) is 70.4 Å². The molecule has 0 aliphatic rings. The lowest BCUT2D eigenvalue weighted by molar-refractivity contribution is 0.0613. The summed E-state index contributed by atoms with van der Waals surface area (Å²) in [6, 6.07) is 6.76. The van der Waals surface area contributed by atoms with Gasteiger partial charge in [0.05, 0.1) is 44.2 Å². The van der Waals surface area contributed by atoms with Crippen LogP contribution in [0, 0.1) is 6.92 Å². The summed E-state index contributed by atoms with van der Waals surface area (Å²) in [5.74, 6) is -0.356. The first-order valence-corrected chi connectivity index (χ1v) is 19.9. The number of rotatable bonds is 21. The van der Waals surface area contributed by atoms with E-state index in [1.807, 2.05) is 6.92 Å². The van der Waals surface area contributed by atoms with Crippen molar-refractivity contribution in [1.82, 2.24) is 20.3 Å². The van der Waals surface area contributed by atoms with Gasteiger partial charge in [-0.3, -0.25) is 22.9 Å². The molecule has 0 saturated heterocycles. The van der Waals surface area contributed by atoms with Crippen LogP contribution in [-0.4, -0.2) is 78.9 Å². The molecule has 53 heavy (non-hydrogen) atoms. The summed E-state index contributed by atoms with van der Waals surface area (Å²) in [6.45, 7) is 9.20. The number of hydrogen-bond acceptors (Lipinski definition) is 16. The standard InChI is InChI=1S/C32H44ClN5O13P2/c1-7-25(19-44-31(40)50-52(42,46-8-2)47-9-3)36-30-35-17-21(6)28(38-30)23-16-26(34-18-23)29(39)37-27(22-13-12-14-24(33)15-22)20-45-32(41)51-53(43,48-10-4)49-11-5/h12-18,25,27,34H,7-11,19-20H2,1-6H3,(H,37,39)(H,35,36,38)/t25-,27-/m1/s1. The largest absolute Gasteiger partial charge is 0.534 e. The Balaban J connectivity index is 1.71. The molecule has 0 bridgehead atoms. The molecule has 0 spiro atoms. The summed E-state index contributed by atoms with van der Waals surface area (Å²) in [5, 5.41) is 6.26. The van der Waals surface area contributed by atoms with Crippen LogP contribution in [-0.2, 0) is 45.7 Å². The number of H-pyrrole nitrogens is 1. The summed E-state index contributed by atoms with van der Waals surface area (Å²) < 4.78 is 64.8. The van der Waals surface area contributed by atoms with E-state index in [9.17, 15) is 23.5 Å². The van der Waals surface area contributed by atoms with E-state index in [1.54, 1.807) is 77.3 Å². The Labute approximate surface area is 312 Å². The third-order valence-corrected chi connectivity index (χ3v) is 10.1. The van der Waals surface area contributed by atoms with E-state index in [0.717, 1.165) is 0 Å². The average molecular weight is 804 g/mol. The fourth-order valence-corrected chi connectivity index (χ4v) is 6.75. The van der Waals surface area contributed by atoms with Crippen molar-refractivity contribution < 1.29 is 60.1 Å². The number of carbonyl (C=O) groups is 3. The highest BCUT2D eigenvalue weighted by Crippen LogP contribution is 2.50. The maximum absolute atomic E-state index is 13.5. The van der Waals surface area contributed by atoms with Gasteiger partial charge in [-0.15, -0.1) is 0 Å². The molecule has 2 heterocycles. The molecule has 2 atom stereocenters. The van der Waals surface area contributed by atoms with Crippen LogP contribution in [0.4, 0.5) is 15.5 Å².